The summed E-state index contributed by atoms with van der Waals surface area (Å²) in [5, 5.41) is 14.8. The topological polar surface area (TPSA) is 80.0 Å². The SMILES string of the molecule is COc1cc2c(cc1O)CCN(C=O)C2(C)c1cc2ncc(Br)cn2n1. The fourth-order valence-corrected chi connectivity index (χ4v) is 3.89. The zero-order valence-corrected chi connectivity index (χ0v) is 15.9. The normalized spacial score (nSPS) is 19.4. The van der Waals surface area contributed by atoms with Crippen LogP contribution in [0.5, 0.6) is 11.5 Å². The minimum Gasteiger partial charge on any atom is -0.504 e. The molecule has 8 heteroatoms. The van der Waals surface area contributed by atoms with Gasteiger partial charge >= 0.3 is 0 Å². The highest BCUT2D eigenvalue weighted by Crippen LogP contribution is 2.43. The highest BCUT2D eigenvalue weighted by Gasteiger charge is 2.42. The van der Waals surface area contributed by atoms with E-state index in [0.29, 0.717) is 30.1 Å². The largest absolute Gasteiger partial charge is 0.504 e. The van der Waals surface area contributed by atoms with E-state index in [0.717, 1.165) is 22.0 Å². The highest BCUT2D eigenvalue weighted by molar-refractivity contribution is 9.10. The number of nitrogens with zero attached hydrogens (tertiary/aromatic N) is 4. The Morgan fingerprint density at radius 3 is 2.92 bits per heavy atom. The van der Waals surface area contributed by atoms with Crippen LogP contribution in [0.1, 0.15) is 23.7 Å². The summed E-state index contributed by atoms with van der Waals surface area (Å²) in [4.78, 5) is 17.9. The first-order valence-corrected chi connectivity index (χ1v) is 8.90. The number of amides is 1. The summed E-state index contributed by atoms with van der Waals surface area (Å²) in [5.74, 6) is 0.459. The van der Waals surface area contributed by atoms with Crippen molar-refractivity contribution in [3.63, 3.8) is 0 Å². The van der Waals surface area contributed by atoms with Crippen LogP contribution in [0.15, 0.2) is 35.1 Å². The number of fused-ring (bicyclic) bond motifs is 2. The second-order valence-corrected chi connectivity index (χ2v) is 7.32. The second kappa shape index (κ2) is 5.98. The van der Waals surface area contributed by atoms with Crippen molar-refractivity contribution in [1.82, 2.24) is 19.5 Å². The lowest BCUT2D eigenvalue weighted by Gasteiger charge is -2.43. The van der Waals surface area contributed by atoms with Crippen molar-refractivity contribution in [2.45, 2.75) is 18.9 Å². The lowest BCUT2D eigenvalue weighted by atomic mass is 9.79. The van der Waals surface area contributed by atoms with Crippen molar-refractivity contribution in [3.8, 4) is 11.5 Å². The Morgan fingerprint density at radius 2 is 2.19 bits per heavy atom. The standard InChI is InChI=1S/C18H17BrN4O3/c1-18(16-7-17-20-8-12(19)9-23(17)21-16)13-6-15(26-2)14(25)5-11(13)3-4-22(18)10-24/h5-10,25H,3-4H2,1-2H3. The molecular formula is C18H17BrN4O3. The van der Waals surface area contributed by atoms with Crippen molar-refractivity contribution < 1.29 is 14.6 Å². The van der Waals surface area contributed by atoms with E-state index < -0.39 is 5.54 Å². The average Bonchev–Trinajstić information content (AvgIpc) is 3.05. The molecule has 7 nitrogen and oxygen atoms in total. The van der Waals surface area contributed by atoms with Crippen molar-refractivity contribution in [1.29, 1.82) is 0 Å². The van der Waals surface area contributed by atoms with Crippen LogP contribution < -0.4 is 4.74 Å². The number of aromatic nitrogens is 3. The molecule has 0 radical (unpaired) electrons. The maximum absolute atomic E-state index is 11.8. The smallest absolute Gasteiger partial charge is 0.210 e. The van der Waals surface area contributed by atoms with Crippen LogP contribution >= 0.6 is 15.9 Å². The fourth-order valence-electron chi connectivity index (χ4n) is 3.59. The average molecular weight is 417 g/mol. The van der Waals surface area contributed by atoms with E-state index in [-0.39, 0.29) is 5.75 Å². The van der Waals surface area contributed by atoms with E-state index in [1.165, 1.54) is 7.11 Å². The van der Waals surface area contributed by atoms with E-state index in [4.69, 9.17) is 4.74 Å². The maximum atomic E-state index is 11.8. The molecule has 3 heterocycles. The van der Waals surface area contributed by atoms with Crippen molar-refractivity contribution in [2.75, 3.05) is 13.7 Å². The molecule has 26 heavy (non-hydrogen) atoms. The summed E-state index contributed by atoms with van der Waals surface area (Å²) in [6.45, 7) is 2.48. The molecule has 2 aromatic heterocycles. The molecule has 4 rings (SSSR count). The van der Waals surface area contributed by atoms with Crippen LogP contribution in [0, 0.1) is 0 Å². The quantitative estimate of drug-likeness (QED) is 0.663. The van der Waals surface area contributed by atoms with Gasteiger partial charge < -0.3 is 14.7 Å². The van der Waals surface area contributed by atoms with Gasteiger partial charge in [0.1, 0.15) is 5.54 Å². The lowest BCUT2D eigenvalue weighted by molar-refractivity contribution is -0.123. The monoisotopic (exact) mass is 416 g/mol. The molecule has 1 aliphatic rings. The van der Waals surface area contributed by atoms with Gasteiger partial charge in [-0.25, -0.2) is 9.50 Å². The molecular weight excluding hydrogens is 400 g/mol. The van der Waals surface area contributed by atoms with E-state index in [9.17, 15) is 9.90 Å². The van der Waals surface area contributed by atoms with Gasteiger partial charge in [-0.15, -0.1) is 0 Å². The molecule has 0 spiro atoms. The van der Waals surface area contributed by atoms with E-state index in [1.54, 1.807) is 27.7 Å². The van der Waals surface area contributed by atoms with Crippen molar-refractivity contribution >= 4 is 28.0 Å². The molecule has 3 aromatic rings. The van der Waals surface area contributed by atoms with Gasteiger partial charge in [-0.05, 0) is 52.5 Å². The molecule has 1 N–H and O–H groups in total. The van der Waals surface area contributed by atoms with Gasteiger partial charge in [0.15, 0.2) is 17.1 Å². The number of aromatic hydroxyl groups is 1. The summed E-state index contributed by atoms with van der Waals surface area (Å²) in [6.07, 6.45) is 5.02. The molecule has 0 fully saturated rings. The highest BCUT2D eigenvalue weighted by atomic mass is 79.9. The first kappa shape index (κ1) is 16.8. The third-order valence-electron chi connectivity index (χ3n) is 5.03. The number of methoxy groups -OCH3 is 1. The first-order valence-electron chi connectivity index (χ1n) is 8.11. The molecule has 1 aromatic carbocycles. The number of rotatable bonds is 3. The van der Waals surface area contributed by atoms with Crippen LogP contribution in [-0.2, 0) is 16.8 Å². The molecule has 0 saturated carbocycles. The third-order valence-corrected chi connectivity index (χ3v) is 5.44. The number of hydrogen-bond donors (Lipinski definition) is 1. The predicted octanol–water partition coefficient (Wildman–Crippen LogP) is 2.48. The number of carbonyl (C=O) groups is 1. The van der Waals surface area contributed by atoms with E-state index in [2.05, 4.69) is 26.0 Å². The van der Waals surface area contributed by atoms with E-state index >= 15 is 0 Å². The maximum Gasteiger partial charge on any atom is 0.210 e. The van der Waals surface area contributed by atoms with Crippen LogP contribution in [0.4, 0.5) is 0 Å². The third kappa shape index (κ3) is 2.36. The van der Waals surface area contributed by atoms with Gasteiger partial charge in [0.25, 0.3) is 0 Å². The molecule has 1 amide bonds. The van der Waals surface area contributed by atoms with Gasteiger partial charge in [-0.3, -0.25) is 4.79 Å². The summed E-state index contributed by atoms with van der Waals surface area (Å²) >= 11 is 3.40. The van der Waals surface area contributed by atoms with Crippen molar-refractivity contribution in [2.24, 2.45) is 0 Å². The lowest BCUT2D eigenvalue weighted by Crippen LogP contribution is -2.49. The molecule has 0 saturated heterocycles. The molecule has 0 aliphatic carbocycles. The second-order valence-electron chi connectivity index (χ2n) is 6.41. The zero-order chi connectivity index (χ0) is 18.5. The number of carbonyl (C=O) groups excluding carboxylic acids is 1. The predicted molar refractivity (Wildman–Crippen MR) is 98.3 cm³/mol. The van der Waals surface area contributed by atoms with Gasteiger partial charge in [-0.1, -0.05) is 0 Å². The summed E-state index contributed by atoms with van der Waals surface area (Å²) in [5.41, 5.74) is 2.44. The Kier molecular flexibility index (Phi) is 3.87. The number of halogens is 1. The number of ether oxygens (including phenoxy) is 1. The summed E-state index contributed by atoms with van der Waals surface area (Å²) in [7, 11) is 1.51. The summed E-state index contributed by atoms with van der Waals surface area (Å²) < 4.78 is 7.78. The number of hydrogen-bond acceptors (Lipinski definition) is 5. The van der Waals surface area contributed by atoms with Gasteiger partial charge in [0.05, 0.1) is 17.3 Å². The Bertz CT molecular complexity index is 1020. The molecule has 1 atom stereocenters. The minimum absolute atomic E-state index is 0.0914. The van der Waals surface area contributed by atoms with Crippen LogP contribution in [0.25, 0.3) is 5.65 Å². The number of phenols is 1. The van der Waals surface area contributed by atoms with Crippen LogP contribution in [-0.4, -0.2) is 44.7 Å². The van der Waals surface area contributed by atoms with Crippen molar-refractivity contribution in [3.05, 3.63) is 51.9 Å². The Labute approximate surface area is 158 Å². The van der Waals surface area contributed by atoms with Crippen LogP contribution in [0.3, 0.4) is 0 Å². The van der Waals surface area contributed by atoms with E-state index in [1.807, 2.05) is 19.2 Å². The first-order chi connectivity index (χ1) is 12.5. The zero-order valence-electron chi connectivity index (χ0n) is 14.3. The van der Waals surface area contributed by atoms with Gasteiger partial charge in [0, 0.05) is 25.0 Å². The molecule has 1 unspecified atom stereocenters. The Hall–Kier alpha value is -2.61. The van der Waals surface area contributed by atoms with Crippen LogP contribution in [0.2, 0.25) is 0 Å². The molecule has 134 valence electrons. The summed E-state index contributed by atoms with van der Waals surface area (Å²) in [6, 6.07) is 5.37. The van der Waals surface area contributed by atoms with Gasteiger partial charge in [-0.2, -0.15) is 5.10 Å². The molecule has 1 aliphatic heterocycles. The van der Waals surface area contributed by atoms with Gasteiger partial charge in [0.2, 0.25) is 6.41 Å². The minimum atomic E-state index is -0.795. The fraction of sp³-hybridized carbons (Fsp3) is 0.278. The number of benzene rings is 1. The Morgan fingerprint density at radius 1 is 1.38 bits per heavy atom. The Balaban J connectivity index is 1.98. The number of phenolic OH excluding ortho intramolecular Hbond substituents is 1. The molecule has 0 bridgehead atoms.